The lowest BCUT2D eigenvalue weighted by Crippen LogP contribution is -2.35. The van der Waals surface area contributed by atoms with E-state index in [1.165, 1.54) is 5.56 Å². The second-order valence-electron chi connectivity index (χ2n) is 6.30. The Bertz CT molecular complexity index is 524. The molecule has 2 rings (SSSR count). The number of carboxylic acid groups (broad SMARTS) is 1. The number of carbonyl (C=O) groups is 1. The van der Waals surface area contributed by atoms with Gasteiger partial charge in [0.05, 0.1) is 19.1 Å². The topological polar surface area (TPSA) is 59.0 Å². The molecule has 0 aliphatic carbocycles. The van der Waals surface area contributed by atoms with Gasteiger partial charge in [-0.05, 0) is 57.0 Å². The maximum atomic E-state index is 11.0. The Morgan fingerprint density at radius 2 is 1.96 bits per heavy atom. The summed E-state index contributed by atoms with van der Waals surface area (Å²) in [4.78, 5) is 13.3. The van der Waals surface area contributed by atoms with Crippen LogP contribution in [0, 0.1) is 5.92 Å². The summed E-state index contributed by atoms with van der Waals surface area (Å²) in [5, 5.41) is 9.08. The monoisotopic (exact) mass is 335 g/mol. The summed E-state index contributed by atoms with van der Waals surface area (Å²) in [6.07, 6.45) is 3.60. The average Bonchev–Trinajstić information content (AvgIpc) is 2.58. The van der Waals surface area contributed by atoms with Crippen LogP contribution in [0.25, 0.3) is 0 Å². The highest BCUT2D eigenvalue weighted by atomic mass is 16.5. The molecule has 1 N–H and O–H groups in total. The van der Waals surface area contributed by atoms with Crippen LogP contribution in [-0.2, 0) is 11.3 Å². The number of benzene rings is 1. The van der Waals surface area contributed by atoms with Crippen molar-refractivity contribution in [3.63, 3.8) is 0 Å². The summed E-state index contributed by atoms with van der Waals surface area (Å²) >= 11 is 0. The van der Waals surface area contributed by atoms with Crippen LogP contribution in [0.1, 0.15) is 45.1 Å². The zero-order chi connectivity index (χ0) is 17.4. The maximum absolute atomic E-state index is 11.0. The molecule has 0 saturated carbocycles. The molecule has 0 amide bonds. The van der Waals surface area contributed by atoms with E-state index in [1.807, 2.05) is 19.1 Å². The largest absolute Gasteiger partial charge is 0.490 e. The number of ether oxygens (including phenoxy) is 2. The van der Waals surface area contributed by atoms with Crippen LogP contribution in [0.5, 0.6) is 11.5 Å². The van der Waals surface area contributed by atoms with Crippen LogP contribution in [-0.4, -0.2) is 42.3 Å². The number of carboxylic acids is 1. The molecule has 0 radical (unpaired) electrons. The Labute approximate surface area is 144 Å². The molecule has 5 nitrogen and oxygen atoms in total. The first-order chi connectivity index (χ1) is 11.6. The predicted molar refractivity (Wildman–Crippen MR) is 93.7 cm³/mol. The van der Waals surface area contributed by atoms with E-state index < -0.39 is 5.97 Å². The van der Waals surface area contributed by atoms with E-state index in [1.54, 1.807) is 0 Å². The van der Waals surface area contributed by atoms with E-state index in [-0.39, 0.29) is 5.92 Å². The second kappa shape index (κ2) is 9.52. The Hall–Kier alpha value is -1.75. The summed E-state index contributed by atoms with van der Waals surface area (Å²) in [6.45, 7) is 7.91. The average molecular weight is 335 g/mol. The fourth-order valence-electron chi connectivity index (χ4n) is 2.96. The zero-order valence-corrected chi connectivity index (χ0v) is 14.8. The zero-order valence-electron chi connectivity index (χ0n) is 14.8. The second-order valence-corrected chi connectivity index (χ2v) is 6.30. The van der Waals surface area contributed by atoms with Crippen LogP contribution in [0.3, 0.4) is 0 Å². The SMILES string of the molecule is CCCCOc1ccc(CN2CCC(C(=O)O)CC2)cc1OCC. The molecule has 1 aromatic carbocycles. The summed E-state index contributed by atoms with van der Waals surface area (Å²) < 4.78 is 11.5. The van der Waals surface area contributed by atoms with Gasteiger partial charge in [-0.15, -0.1) is 0 Å². The van der Waals surface area contributed by atoms with Crippen molar-refractivity contribution in [3.05, 3.63) is 23.8 Å². The number of nitrogens with zero attached hydrogens (tertiary/aromatic N) is 1. The lowest BCUT2D eigenvalue weighted by molar-refractivity contribution is -0.143. The smallest absolute Gasteiger partial charge is 0.306 e. The molecule has 1 saturated heterocycles. The molecule has 1 aromatic rings. The van der Waals surface area contributed by atoms with Gasteiger partial charge in [0.1, 0.15) is 0 Å². The minimum atomic E-state index is -0.665. The number of rotatable bonds is 9. The van der Waals surface area contributed by atoms with Crippen LogP contribution >= 0.6 is 0 Å². The van der Waals surface area contributed by atoms with Crippen LogP contribution in [0.4, 0.5) is 0 Å². The molecular weight excluding hydrogens is 306 g/mol. The first-order valence-corrected chi connectivity index (χ1v) is 8.97. The Morgan fingerprint density at radius 3 is 2.58 bits per heavy atom. The number of hydrogen-bond donors (Lipinski definition) is 1. The third kappa shape index (κ3) is 5.41. The van der Waals surface area contributed by atoms with E-state index in [9.17, 15) is 4.79 Å². The van der Waals surface area contributed by atoms with E-state index in [2.05, 4.69) is 17.9 Å². The fraction of sp³-hybridized carbons (Fsp3) is 0.632. The lowest BCUT2D eigenvalue weighted by Gasteiger charge is -2.30. The van der Waals surface area contributed by atoms with Gasteiger partial charge in [-0.25, -0.2) is 0 Å². The van der Waals surface area contributed by atoms with Crippen molar-refractivity contribution in [1.82, 2.24) is 4.90 Å². The molecule has 24 heavy (non-hydrogen) atoms. The Balaban J connectivity index is 1.95. The molecule has 0 atom stereocenters. The highest BCUT2D eigenvalue weighted by Gasteiger charge is 2.24. The van der Waals surface area contributed by atoms with Gasteiger partial charge in [-0.3, -0.25) is 9.69 Å². The molecule has 0 unspecified atom stereocenters. The molecule has 0 spiro atoms. The van der Waals surface area contributed by atoms with Crippen molar-refractivity contribution in [2.75, 3.05) is 26.3 Å². The number of aliphatic carboxylic acids is 1. The number of piperidine rings is 1. The lowest BCUT2D eigenvalue weighted by atomic mass is 9.97. The Kier molecular flexibility index (Phi) is 7.37. The van der Waals surface area contributed by atoms with E-state index in [0.717, 1.165) is 56.8 Å². The van der Waals surface area contributed by atoms with E-state index in [4.69, 9.17) is 14.6 Å². The van der Waals surface area contributed by atoms with Gasteiger partial charge in [0.25, 0.3) is 0 Å². The number of unbranched alkanes of at least 4 members (excludes halogenated alkanes) is 1. The van der Waals surface area contributed by atoms with Gasteiger partial charge in [0.15, 0.2) is 11.5 Å². The molecule has 1 aliphatic heterocycles. The fourth-order valence-corrected chi connectivity index (χ4v) is 2.96. The number of hydrogen-bond acceptors (Lipinski definition) is 4. The molecule has 0 bridgehead atoms. The standard InChI is InChI=1S/C19H29NO4/c1-3-5-12-24-17-7-6-15(13-18(17)23-4-2)14-20-10-8-16(9-11-20)19(21)22/h6-7,13,16H,3-5,8-12,14H2,1-2H3,(H,21,22). The van der Waals surface area contributed by atoms with Crippen molar-refractivity contribution < 1.29 is 19.4 Å². The van der Waals surface area contributed by atoms with E-state index in [0.29, 0.717) is 13.2 Å². The summed E-state index contributed by atoms with van der Waals surface area (Å²) in [5.41, 5.74) is 1.18. The molecule has 0 aromatic heterocycles. The van der Waals surface area contributed by atoms with Crippen molar-refractivity contribution in [2.45, 2.75) is 46.1 Å². The van der Waals surface area contributed by atoms with Crippen molar-refractivity contribution in [3.8, 4) is 11.5 Å². The minimum Gasteiger partial charge on any atom is -0.490 e. The summed E-state index contributed by atoms with van der Waals surface area (Å²) in [5.74, 6) is 0.751. The first kappa shape index (κ1) is 18.6. The maximum Gasteiger partial charge on any atom is 0.306 e. The molecule has 5 heteroatoms. The third-order valence-electron chi connectivity index (χ3n) is 4.41. The van der Waals surface area contributed by atoms with Crippen molar-refractivity contribution in [1.29, 1.82) is 0 Å². The molecule has 1 heterocycles. The highest BCUT2D eigenvalue weighted by Crippen LogP contribution is 2.30. The van der Waals surface area contributed by atoms with E-state index >= 15 is 0 Å². The van der Waals surface area contributed by atoms with Gasteiger partial charge < -0.3 is 14.6 Å². The van der Waals surface area contributed by atoms with Gasteiger partial charge in [0, 0.05) is 6.54 Å². The Morgan fingerprint density at radius 1 is 1.21 bits per heavy atom. The predicted octanol–water partition coefficient (Wildman–Crippen LogP) is 3.56. The van der Waals surface area contributed by atoms with Crippen molar-refractivity contribution in [2.24, 2.45) is 5.92 Å². The first-order valence-electron chi connectivity index (χ1n) is 8.97. The highest BCUT2D eigenvalue weighted by molar-refractivity contribution is 5.70. The molecule has 134 valence electrons. The van der Waals surface area contributed by atoms with Crippen LogP contribution < -0.4 is 9.47 Å². The summed E-state index contributed by atoms with van der Waals surface area (Å²) in [6, 6.07) is 6.11. The van der Waals surface area contributed by atoms with Gasteiger partial charge in [-0.1, -0.05) is 19.4 Å². The third-order valence-corrected chi connectivity index (χ3v) is 4.41. The summed E-state index contributed by atoms with van der Waals surface area (Å²) in [7, 11) is 0. The van der Waals surface area contributed by atoms with Crippen LogP contribution in [0.2, 0.25) is 0 Å². The van der Waals surface area contributed by atoms with Crippen LogP contribution in [0.15, 0.2) is 18.2 Å². The minimum absolute atomic E-state index is 0.186. The van der Waals surface area contributed by atoms with Gasteiger partial charge >= 0.3 is 5.97 Å². The molecular formula is C19H29NO4. The van der Waals surface area contributed by atoms with Crippen molar-refractivity contribution >= 4 is 5.97 Å². The molecule has 1 aliphatic rings. The normalized spacial score (nSPS) is 16.1. The molecule has 1 fully saturated rings. The number of likely N-dealkylation sites (tertiary alicyclic amines) is 1. The van der Waals surface area contributed by atoms with Gasteiger partial charge in [-0.2, -0.15) is 0 Å². The van der Waals surface area contributed by atoms with Gasteiger partial charge in [0.2, 0.25) is 0 Å². The quantitative estimate of drug-likeness (QED) is 0.699.